The van der Waals surface area contributed by atoms with Crippen LogP contribution in [0.3, 0.4) is 0 Å². The van der Waals surface area contributed by atoms with Crippen LogP contribution in [-0.4, -0.2) is 51.8 Å². The predicted octanol–water partition coefficient (Wildman–Crippen LogP) is 8.26. The lowest BCUT2D eigenvalue weighted by atomic mass is 9.67. The maximum atomic E-state index is 15.2. The number of amides is 1. The molecule has 1 amide bonds. The highest BCUT2D eigenvalue weighted by Crippen LogP contribution is 2.46. The van der Waals surface area contributed by atoms with E-state index in [0.29, 0.717) is 36.8 Å². The Morgan fingerprint density at radius 2 is 1.43 bits per heavy atom. The second-order valence-corrected chi connectivity index (χ2v) is 14.0. The summed E-state index contributed by atoms with van der Waals surface area (Å²) in [6.07, 6.45) is 17.7. The molecule has 1 saturated heterocycles. The molecule has 1 aromatic carbocycles. The van der Waals surface area contributed by atoms with Crippen molar-refractivity contribution in [3.8, 4) is 0 Å². The van der Waals surface area contributed by atoms with Crippen molar-refractivity contribution in [2.45, 2.75) is 166 Å². The van der Waals surface area contributed by atoms with Crippen LogP contribution in [0.1, 0.15) is 164 Å². The minimum Gasteiger partial charge on any atom is -0.326 e. The van der Waals surface area contributed by atoms with Crippen molar-refractivity contribution in [2.24, 2.45) is 11.8 Å². The number of carbonyl (C=O) groups excluding carboxylic acids is 4. The SMILES string of the molecule is CCCC(CC)(N[C@H]1CCCCCC[C@H]1C(=O)C(CC)(CCC)N1C(=O)[C@@H]2CCCCCC[C@@H]21)C(=O)c1ccc(C=O)cc1. The van der Waals surface area contributed by atoms with E-state index in [1.807, 2.05) is 0 Å². The lowest BCUT2D eigenvalue weighted by Gasteiger charge is -2.58. The number of carbonyl (C=O) groups is 4. The normalized spacial score (nSPS) is 27.3. The van der Waals surface area contributed by atoms with Crippen LogP contribution in [0.2, 0.25) is 0 Å². The van der Waals surface area contributed by atoms with E-state index >= 15 is 4.79 Å². The summed E-state index contributed by atoms with van der Waals surface area (Å²) in [6, 6.07) is 7.00. The van der Waals surface area contributed by atoms with Gasteiger partial charge in [0, 0.05) is 29.1 Å². The van der Waals surface area contributed by atoms with Gasteiger partial charge >= 0.3 is 0 Å². The standard InChI is InChI=1S/C38H58N2O4/c1-5-25-37(7-3,34(42)29-23-21-28(27-41)22-24-29)39-32-19-15-11-9-13-17-30(32)35(43)38(8-4,26-6-2)40-33-20-16-12-10-14-18-31(33)36(40)44/h21-24,27,30-33,39H,5-20,25-26H2,1-4H3/t30-,31-,32+,33+,37?,38?/m1/s1. The zero-order valence-electron chi connectivity index (χ0n) is 28.0. The van der Waals surface area contributed by atoms with Crippen molar-refractivity contribution < 1.29 is 19.2 Å². The third kappa shape index (κ3) is 6.90. The Morgan fingerprint density at radius 3 is 2.02 bits per heavy atom. The van der Waals surface area contributed by atoms with E-state index < -0.39 is 11.1 Å². The number of fused-ring (bicyclic) bond motifs is 1. The molecule has 1 aliphatic heterocycles. The van der Waals surface area contributed by atoms with E-state index in [-0.39, 0.29) is 41.4 Å². The van der Waals surface area contributed by atoms with E-state index in [0.717, 1.165) is 83.3 Å². The molecule has 4 rings (SSSR count). The molecule has 6 heteroatoms. The number of hydrogen-bond donors (Lipinski definition) is 1. The first kappa shape index (κ1) is 34.5. The van der Waals surface area contributed by atoms with Gasteiger partial charge in [-0.15, -0.1) is 0 Å². The fraction of sp³-hybridized carbons (Fsp3) is 0.737. The van der Waals surface area contributed by atoms with E-state index in [2.05, 4.69) is 37.9 Å². The molecule has 0 bridgehead atoms. The minimum absolute atomic E-state index is 0.0400. The van der Waals surface area contributed by atoms with Gasteiger partial charge in [-0.1, -0.05) is 116 Å². The Bertz CT molecular complexity index is 1130. The van der Waals surface area contributed by atoms with Crippen LogP contribution in [0.5, 0.6) is 0 Å². The number of ketones is 2. The van der Waals surface area contributed by atoms with Gasteiger partial charge in [0.1, 0.15) is 11.8 Å². The van der Waals surface area contributed by atoms with Gasteiger partial charge in [0.05, 0.1) is 11.5 Å². The zero-order valence-corrected chi connectivity index (χ0v) is 28.0. The third-order valence-corrected chi connectivity index (χ3v) is 11.4. The van der Waals surface area contributed by atoms with E-state index in [4.69, 9.17) is 0 Å². The first-order valence-corrected chi connectivity index (χ1v) is 18.1. The number of nitrogens with one attached hydrogen (secondary N) is 1. The molecular weight excluding hydrogens is 548 g/mol. The summed E-state index contributed by atoms with van der Waals surface area (Å²) in [5.41, 5.74) is -0.416. The molecule has 2 unspecified atom stereocenters. The predicted molar refractivity (Wildman–Crippen MR) is 177 cm³/mol. The quantitative estimate of drug-likeness (QED) is 0.131. The van der Waals surface area contributed by atoms with Gasteiger partial charge in [-0.25, -0.2) is 0 Å². The highest BCUT2D eigenvalue weighted by molar-refractivity contribution is 6.04. The molecule has 44 heavy (non-hydrogen) atoms. The second-order valence-electron chi connectivity index (χ2n) is 14.0. The Kier molecular flexibility index (Phi) is 12.4. The first-order chi connectivity index (χ1) is 21.3. The van der Waals surface area contributed by atoms with Gasteiger partial charge in [-0.3, -0.25) is 19.2 Å². The largest absolute Gasteiger partial charge is 0.326 e. The van der Waals surface area contributed by atoms with Gasteiger partial charge in [0.25, 0.3) is 0 Å². The average molecular weight is 607 g/mol. The summed E-state index contributed by atoms with van der Waals surface area (Å²) in [5.74, 6) is 0.323. The first-order valence-electron chi connectivity index (χ1n) is 18.1. The van der Waals surface area contributed by atoms with E-state index in [9.17, 15) is 14.4 Å². The molecule has 2 aliphatic carbocycles. The molecule has 244 valence electrons. The van der Waals surface area contributed by atoms with Crippen LogP contribution in [0.25, 0.3) is 0 Å². The smallest absolute Gasteiger partial charge is 0.228 e. The van der Waals surface area contributed by atoms with Crippen molar-refractivity contribution in [1.29, 1.82) is 0 Å². The number of nitrogens with zero attached hydrogens (tertiary/aromatic N) is 1. The monoisotopic (exact) mass is 606 g/mol. The molecule has 6 nitrogen and oxygen atoms in total. The molecular formula is C38H58N2O4. The molecule has 1 N–H and O–H groups in total. The zero-order chi connectivity index (χ0) is 31.7. The number of rotatable bonds is 14. The van der Waals surface area contributed by atoms with Crippen LogP contribution in [0.15, 0.2) is 24.3 Å². The molecule has 1 heterocycles. The molecule has 0 aromatic heterocycles. The van der Waals surface area contributed by atoms with Crippen molar-refractivity contribution in [3.63, 3.8) is 0 Å². The van der Waals surface area contributed by atoms with Crippen molar-refractivity contribution in [2.75, 3.05) is 0 Å². The number of Topliss-reactive ketones (excluding diaryl/α,β-unsaturated/α-hetero) is 2. The summed E-state index contributed by atoms with van der Waals surface area (Å²) in [6.45, 7) is 8.44. The summed E-state index contributed by atoms with van der Waals surface area (Å²) in [7, 11) is 0. The summed E-state index contributed by atoms with van der Waals surface area (Å²) < 4.78 is 0. The molecule has 3 fully saturated rings. The Morgan fingerprint density at radius 1 is 0.818 bits per heavy atom. The maximum Gasteiger partial charge on any atom is 0.228 e. The minimum atomic E-state index is -0.795. The summed E-state index contributed by atoms with van der Waals surface area (Å²) in [5, 5.41) is 3.90. The van der Waals surface area contributed by atoms with Crippen molar-refractivity contribution >= 4 is 23.8 Å². The van der Waals surface area contributed by atoms with Crippen LogP contribution >= 0.6 is 0 Å². The molecule has 3 aliphatic rings. The highest BCUT2D eigenvalue weighted by atomic mass is 16.2. The Balaban J connectivity index is 1.70. The average Bonchev–Trinajstić information content (AvgIpc) is 3.02. The Labute approximate surface area is 266 Å². The van der Waals surface area contributed by atoms with Crippen LogP contribution in [-0.2, 0) is 9.59 Å². The van der Waals surface area contributed by atoms with E-state index in [1.54, 1.807) is 24.3 Å². The topological polar surface area (TPSA) is 83.6 Å². The van der Waals surface area contributed by atoms with Crippen LogP contribution in [0.4, 0.5) is 0 Å². The van der Waals surface area contributed by atoms with Crippen molar-refractivity contribution in [1.82, 2.24) is 10.2 Å². The van der Waals surface area contributed by atoms with Gasteiger partial charge in [-0.2, -0.15) is 0 Å². The third-order valence-electron chi connectivity index (χ3n) is 11.4. The number of likely N-dealkylation sites (tertiary alicyclic amines) is 1. The van der Waals surface area contributed by atoms with Gasteiger partial charge in [0.15, 0.2) is 11.6 Å². The highest BCUT2D eigenvalue weighted by Gasteiger charge is 2.59. The van der Waals surface area contributed by atoms with Crippen LogP contribution in [0, 0.1) is 11.8 Å². The number of β-lactam (4-membered cyclic amide) rings is 1. The maximum absolute atomic E-state index is 15.2. The van der Waals surface area contributed by atoms with Crippen LogP contribution < -0.4 is 5.32 Å². The summed E-state index contributed by atoms with van der Waals surface area (Å²) in [4.78, 5) is 56.7. The summed E-state index contributed by atoms with van der Waals surface area (Å²) >= 11 is 0. The van der Waals surface area contributed by atoms with Gasteiger partial charge in [-0.05, 0) is 51.4 Å². The second kappa shape index (κ2) is 15.8. The van der Waals surface area contributed by atoms with Crippen molar-refractivity contribution in [3.05, 3.63) is 35.4 Å². The van der Waals surface area contributed by atoms with Gasteiger partial charge in [0.2, 0.25) is 5.91 Å². The van der Waals surface area contributed by atoms with E-state index in [1.165, 1.54) is 12.8 Å². The lowest BCUT2D eigenvalue weighted by Crippen LogP contribution is -2.73. The number of hydrogen-bond acceptors (Lipinski definition) is 5. The fourth-order valence-electron chi connectivity index (χ4n) is 8.93. The molecule has 2 saturated carbocycles. The fourth-order valence-corrected chi connectivity index (χ4v) is 8.93. The molecule has 1 aromatic rings. The number of benzene rings is 1. The van der Waals surface area contributed by atoms with Gasteiger partial charge < -0.3 is 10.2 Å². The Hall–Kier alpha value is -2.34. The lowest BCUT2D eigenvalue weighted by molar-refractivity contribution is -0.179. The molecule has 0 spiro atoms. The number of aldehydes is 1. The molecule has 6 atom stereocenters. The molecule has 0 radical (unpaired) electrons.